The summed E-state index contributed by atoms with van der Waals surface area (Å²) in [7, 11) is 2.12. The van der Waals surface area contributed by atoms with Gasteiger partial charge in [-0.15, -0.1) is 10.2 Å². The molecule has 3 aromatic rings. The maximum absolute atomic E-state index is 11.8. The highest BCUT2D eigenvalue weighted by Crippen LogP contribution is 2.34. The Morgan fingerprint density at radius 3 is 2.86 bits per heavy atom. The van der Waals surface area contributed by atoms with Gasteiger partial charge < -0.3 is 14.0 Å². The van der Waals surface area contributed by atoms with Crippen molar-refractivity contribution >= 4 is 16.8 Å². The molecule has 1 fully saturated rings. The Kier molecular flexibility index (Phi) is 4.62. The van der Waals surface area contributed by atoms with Gasteiger partial charge in [0, 0.05) is 63.7 Å². The van der Waals surface area contributed by atoms with Gasteiger partial charge in [-0.05, 0) is 31.0 Å². The molecule has 0 radical (unpaired) electrons. The van der Waals surface area contributed by atoms with Gasteiger partial charge in [0.25, 0.3) is 0 Å². The molecule has 152 valence electrons. The molecule has 0 unspecified atom stereocenters. The monoisotopic (exact) mass is 392 g/mol. The van der Waals surface area contributed by atoms with Crippen LogP contribution >= 0.6 is 0 Å². The maximum atomic E-state index is 11.8. The molecule has 1 atom stereocenters. The Morgan fingerprint density at radius 1 is 1.14 bits per heavy atom. The molecular formula is C22H28N6O. The van der Waals surface area contributed by atoms with E-state index in [1.807, 2.05) is 4.90 Å². The van der Waals surface area contributed by atoms with Crippen LogP contribution in [0, 0.1) is 0 Å². The molecule has 2 aliphatic rings. The lowest BCUT2D eigenvalue weighted by molar-refractivity contribution is -0.128. The zero-order valence-electron chi connectivity index (χ0n) is 17.2. The number of hydrogen-bond acceptors (Lipinski definition) is 4. The minimum atomic E-state index is 0.142. The number of carbonyl (C=O) groups is 1. The summed E-state index contributed by atoms with van der Waals surface area (Å²) in [5.41, 5.74) is 2.65. The molecule has 1 amide bonds. The molecule has 1 aromatic carbocycles. The second-order valence-electron chi connectivity index (χ2n) is 8.29. The van der Waals surface area contributed by atoms with E-state index in [-0.39, 0.29) is 5.91 Å². The first-order valence-electron chi connectivity index (χ1n) is 10.6. The van der Waals surface area contributed by atoms with E-state index in [0.29, 0.717) is 6.04 Å². The lowest BCUT2D eigenvalue weighted by Crippen LogP contribution is -2.32. The molecule has 7 heteroatoms. The fourth-order valence-corrected chi connectivity index (χ4v) is 4.98. The van der Waals surface area contributed by atoms with Gasteiger partial charge in [0.2, 0.25) is 5.91 Å². The number of benzene rings is 1. The minimum absolute atomic E-state index is 0.142. The van der Waals surface area contributed by atoms with Gasteiger partial charge in [0.05, 0.1) is 6.04 Å². The maximum Gasteiger partial charge on any atom is 0.219 e. The van der Waals surface area contributed by atoms with Crippen LogP contribution in [-0.4, -0.2) is 54.7 Å². The van der Waals surface area contributed by atoms with Crippen LogP contribution in [0.3, 0.4) is 0 Å². The van der Waals surface area contributed by atoms with Crippen LogP contribution in [0.4, 0.5) is 0 Å². The van der Waals surface area contributed by atoms with Crippen molar-refractivity contribution < 1.29 is 4.79 Å². The fourth-order valence-electron chi connectivity index (χ4n) is 4.98. The molecule has 0 aliphatic carbocycles. The summed E-state index contributed by atoms with van der Waals surface area (Å²) in [5.74, 6) is 2.23. The SMILES string of the molecule is CC(=O)N1CCc2nnc([C@@H]3CCCN3Cc3cn(C)c4ccccc34)n2CC1. The normalized spacial score (nSPS) is 20.2. The van der Waals surface area contributed by atoms with Crippen LogP contribution in [0.1, 0.15) is 43.0 Å². The van der Waals surface area contributed by atoms with Crippen molar-refractivity contribution in [3.05, 3.63) is 47.7 Å². The largest absolute Gasteiger partial charge is 0.350 e. The van der Waals surface area contributed by atoms with Crippen LogP contribution in [0.15, 0.2) is 30.5 Å². The van der Waals surface area contributed by atoms with Gasteiger partial charge >= 0.3 is 0 Å². The molecule has 1 saturated heterocycles. The van der Waals surface area contributed by atoms with Crippen LogP contribution in [0.25, 0.3) is 10.9 Å². The lowest BCUT2D eigenvalue weighted by Gasteiger charge is -2.24. The Morgan fingerprint density at radius 2 is 2.00 bits per heavy atom. The second kappa shape index (κ2) is 7.30. The average molecular weight is 393 g/mol. The van der Waals surface area contributed by atoms with Gasteiger partial charge in [-0.25, -0.2) is 0 Å². The Hall–Kier alpha value is -2.67. The Balaban J connectivity index is 1.41. The topological polar surface area (TPSA) is 59.2 Å². The van der Waals surface area contributed by atoms with Gasteiger partial charge in [-0.2, -0.15) is 0 Å². The number of aromatic nitrogens is 4. The first-order chi connectivity index (χ1) is 14.1. The molecule has 0 saturated carbocycles. The summed E-state index contributed by atoms with van der Waals surface area (Å²) in [6, 6.07) is 8.90. The Labute approximate surface area is 170 Å². The van der Waals surface area contributed by atoms with E-state index in [9.17, 15) is 4.79 Å². The van der Waals surface area contributed by atoms with E-state index in [4.69, 9.17) is 0 Å². The van der Waals surface area contributed by atoms with Crippen LogP contribution in [-0.2, 0) is 31.4 Å². The summed E-state index contributed by atoms with van der Waals surface area (Å²) >= 11 is 0. The molecule has 29 heavy (non-hydrogen) atoms. The zero-order chi connectivity index (χ0) is 20.0. The van der Waals surface area contributed by atoms with E-state index in [1.54, 1.807) is 6.92 Å². The highest BCUT2D eigenvalue weighted by Gasteiger charge is 2.32. The number of likely N-dealkylation sites (tertiary alicyclic amines) is 1. The fraction of sp³-hybridized carbons (Fsp3) is 0.500. The summed E-state index contributed by atoms with van der Waals surface area (Å²) in [5, 5.41) is 10.4. The van der Waals surface area contributed by atoms with Gasteiger partial charge in [-0.1, -0.05) is 18.2 Å². The van der Waals surface area contributed by atoms with Crippen molar-refractivity contribution in [3.63, 3.8) is 0 Å². The molecule has 5 rings (SSSR count). The van der Waals surface area contributed by atoms with E-state index in [1.165, 1.54) is 22.9 Å². The minimum Gasteiger partial charge on any atom is -0.350 e. The number of rotatable bonds is 3. The number of hydrogen-bond donors (Lipinski definition) is 0. The molecular weight excluding hydrogens is 364 g/mol. The Bertz CT molecular complexity index is 1050. The highest BCUT2D eigenvalue weighted by atomic mass is 16.2. The number of amides is 1. The first kappa shape index (κ1) is 18.4. The van der Waals surface area contributed by atoms with E-state index < -0.39 is 0 Å². The third kappa shape index (κ3) is 3.23. The predicted molar refractivity (Wildman–Crippen MR) is 111 cm³/mol. The second-order valence-corrected chi connectivity index (χ2v) is 8.29. The number of fused-ring (bicyclic) bond motifs is 2. The molecule has 7 nitrogen and oxygen atoms in total. The van der Waals surface area contributed by atoms with Crippen molar-refractivity contribution in [1.82, 2.24) is 29.1 Å². The van der Waals surface area contributed by atoms with Gasteiger partial charge in [0.1, 0.15) is 11.6 Å². The van der Waals surface area contributed by atoms with Crippen LogP contribution < -0.4 is 0 Å². The summed E-state index contributed by atoms with van der Waals surface area (Å²) in [6.07, 6.45) is 5.33. The van der Waals surface area contributed by atoms with Crippen molar-refractivity contribution in [3.8, 4) is 0 Å². The van der Waals surface area contributed by atoms with Crippen molar-refractivity contribution in [2.45, 2.75) is 45.3 Å². The molecule has 0 N–H and O–H groups in total. The summed E-state index contributed by atoms with van der Waals surface area (Å²) in [6.45, 7) is 5.91. The number of nitrogens with zero attached hydrogens (tertiary/aromatic N) is 6. The van der Waals surface area contributed by atoms with Crippen LogP contribution in [0.5, 0.6) is 0 Å². The quantitative estimate of drug-likeness (QED) is 0.687. The zero-order valence-corrected chi connectivity index (χ0v) is 17.2. The summed E-state index contributed by atoms with van der Waals surface area (Å²) < 4.78 is 4.49. The predicted octanol–water partition coefficient (Wildman–Crippen LogP) is 2.51. The standard InChI is InChI=1S/C22H28N6O/c1-16(29)26-11-9-21-23-24-22(28(21)13-12-26)20-8-5-10-27(20)15-17-14-25(2)19-7-4-3-6-18(17)19/h3-4,6-7,14,20H,5,8-13,15H2,1-2H3/t20-/m0/s1. The lowest BCUT2D eigenvalue weighted by atomic mass is 10.1. The summed E-state index contributed by atoms with van der Waals surface area (Å²) in [4.78, 5) is 16.3. The van der Waals surface area contributed by atoms with Crippen molar-refractivity contribution in [2.24, 2.45) is 7.05 Å². The highest BCUT2D eigenvalue weighted by molar-refractivity contribution is 5.83. The number of carbonyl (C=O) groups excluding carboxylic acids is 1. The molecule has 0 bridgehead atoms. The van der Waals surface area contributed by atoms with Crippen molar-refractivity contribution in [2.75, 3.05) is 19.6 Å². The average Bonchev–Trinajstić information content (AvgIpc) is 3.37. The number of aryl methyl sites for hydroxylation is 1. The molecule has 0 spiro atoms. The van der Waals surface area contributed by atoms with Gasteiger partial charge in [-0.3, -0.25) is 9.69 Å². The van der Waals surface area contributed by atoms with E-state index in [2.05, 4.69) is 61.7 Å². The van der Waals surface area contributed by atoms with E-state index in [0.717, 1.165) is 57.2 Å². The first-order valence-corrected chi connectivity index (χ1v) is 10.6. The van der Waals surface area contributed by atoms with Crippen LogP contribution in [0.2, 0.25) is 0 Å². The number of para-hydroxylation sites is 1. The third-order valence-electron chi connectivity index (χ3n) is 6.51. The molecule has 2 aliphatic heterocycles. The molecule has 2 aromatic heterocycles. The third-order valence-corrected chi connectivity index (χ3v) is 6.51. The van der Waals surface area contributed by atoms with Crippen molar-refractivity contribution in [1.29, 1.82) is 0 Å². The molecule has 4 heterocycles. The smallest absolute Gasteiger partial charge is 0.219 e. The van der Waals surface area contributed by atoms with E-state index >= 15 is 0 Å². The van der Waals surface area contributed by atoms with Gasteiger partial charge in [0.15, 0.2) is 0 Å².